The van der Waals surface area contributed by atoms with Crippen LogP contribution in [-0.2, 0) is 0 Å². The SMILES string of the molecule is CCC(N)c1ccc(Oc2cc(C)c(Br)c(C)c2)cc1. The van der Waals surface area contributed by atoms with Crippen molar-refractivity contribution < 1.29 is 4.74 Å². The Labute approximate surface area is 129 Å². The molecule has 0 saturated carbocycles. The molecule has 2 N–H and O–H groups in total. The Hall–Kier alpha value is -1.32. The summed E-state index contributed by atoms with van der Waals surface area (Å²) in [5, 5.41) is 0. The van der Waals surface area contributed by atoms with E-state index >= 15 is 0 Å². The summed E-state index contributed by atoms with van der Waals surface area (Å²) in [6.45, 7) is 6.21. The predicted molar refractivity (Wildman–Crippen MR) is 87.4 cm³/mol. The third-order valence-electron chi connectivity index (χ3n) is 3.39. The fourth-order valence-corrected chi connectivity index (χ4v) is 2.35. The first-order chi connectivity index (χ1) is 9.51. The molecule has 0 aliphatic rings. The van der Waals surface area contributed by atoms with E-state index in [0.717, 1.165) is 28.0 Å². The van der Waals surface area contributed by atoms with Crippen LogP contribution in [0.2, 0.25) is 0 Å². The standard InChI is InChI=1S/C17H20BrNO/c1-4-16(19)13-5-7-14(8-6-13)20-15-9-11(2)17(18)12(3)10-15/h5-10,16H,4,19H2,1-3H3. The lowest BCUT2D eigenvalue weighted by Gasteiger charge is -2.12. The van der Waals surface area contributed by atoms with Crippen molar-refractivity contribution in [1.82, 2.24) is 0 Å². The van der Waals surface area contributed by atoms with Gasteiger partial charge in [0.05, 0.1) is 0 Å². The fraction of sp³-hybridized carbons (Fsp3) is 0.294. The third kappa shape index (κ3) is 3.41. The van der Waals surface area contributed by atoms with Gasteiger partial charge in [0.1, 0.15) is 11.5 Å². The van der Waals surface area contributed by atoms with Gasteiger partial charge in [-0.3, -0.25) is 0 Å². The second-order valence-corrected chi connectivity index (χ2v) is 5.85. The van der Waals surface area contributed by atoms with E-state index in [-0.39, 0.29) is 6.04 Å². The number of nitrogens with two attached hydrogens (primary N) is 1. The highest BCUT2D eigenvalue weighted by molar-refractivity contribution is 9.10. The monoisotopic (exact) mass is 333 g/mol. The molecule has 0 heterocycles. The average molecular weight is 334 g/mol. The summed E-state index contributed by atoms with van der Waals surface area (Å²) >= 11 is 3.56. The highest BCUT2D eigenvalue weighted by atomic mass is 79.9. The second-order valence-electron chi connectivity index (χ2n) is 5.06. The zero-order valence-corrected chi connectivity index (χ0v) is 13.7. The summed E-state index contributed by atoms with van der Waals surface area (Å²) in [7, 11) is 0. The molecule has 0 radical (unpaired) electrons. The molecule has 2 rings (SSSR count). The minimum absolute atomic E-state index is 0.0984. The molecule has 2 nitrogen and oxygen atoms in total. The van der Waals surface area contributed by atoms with Crippen LogP contribution in [0.1, 0.15) is 36.1 Å². The topological polar surface area (TPSA) is 35.2 Å². The molecule has 2 aromatic carbocycles. The van der Waals surface area contributed by atoms with Gasteiger partial charge in [0, 0.05) is 10.5 Å². The van der Waals surface area contributed by atoms with Crippen molar-refractivity contribution in [3.63, 3.8) is 0 Å². The van der Waals surface area contributed by atoms with E-state index in [0.29, 0.717) is 0 Å². The number of ether oxygens (including phenoxy) is 1. The largest absolute Gasteiger partial charge is 0.457 e. The van der Waals surface area contributed by atoms with Crippen LogP contribution >= 0.6 is 15.9 Å². The van der Waals surface area contributed by atoms with Gasteiger partial charge in [-0.25, -0.2) is 0 Å². The van der Waals surface area contributed by atoms with Crippen molar-refractivity contribution in [1.29, 1.82) is 0 Å². The molecule has 0 bridgehead atoms. The van der Waals surface area contributed by atoms with Crippen molar-refractivity contribution in [2.75, 3.05) is 0 Å². The molecule has 106 valence electrons. The van der Waals surface area contributed by atoms with Gasteiger partial charge in [0.2, 0.25) is 0 Å². The number of halogens is 1. The molecule has 0 aliphatic carbocycles. The normalized spacial score (nSPS) is 12.2. The molecule has 20 heavy (non-hydrogen) atoms. The number of benzene rings is 2. The van der Waals surface area contributed by atoms with Crippen molar-refractivity contribution in [2.45, 2.75) is 33.2 Å². The predicted octanol–water partition coefficient (Wildman–Crippen LogP) is 5.27. The summed E-state index contributed by atoms with van der Waals surface area (Å²) < 4.78 is 7.04. The van der Waals surface area contributed by atoms with Crippen molar-refractivity contribution in [3.05, 3.63) is 57.6 Å². The maximum Gasteiger partial charge on any atom is 0.128 e. The lowest BCUT2D eigenvalue weighted by molar-refractivity contribution is 0.481. The molecule has 0 amide bonds. The van der Waals surface area contributed by atoms with Crippen LogP contribution in [0.25, 0.3) is 0 Å². The minimum atomic E-state index is 0.0984. The average Bonchev–Trinajstić information content (AvgIpc) is 2.44. The van der Waals surface area contributed by atoms with Crippen molar-refractivity contribution >= 4 is 15.9 Å². The Morgan fingerprint density at radius 1 is 1.05 bits per heavy atom. The van der Waals surface area contributed by atoms with E-state index in [9.17, 15) is 0 Å². The Balaban J connectivity index is 2.18. The molecule has 0 fully saturated rings. The summed E-state index contributed by atoms with van der Waals surface area (Å²) in [5.74, 6) is 1.69. The first kappa shape index (κ1) is 15.1. The van der Waals surface area contributed by atoms with Crippen molar-refractivity contribution in [3.8, 4) is 11.5 Å². The maximum atomic E-state index is 6.01. The minimum Gasteiger partial charge on any atom is -0.457 e. The zero-order valence-electron chi connectivity index (χ0n) is 12.1. The van der Waals surface area contributed by atoms with Gasteiger partial charge in [-0.05, 0) is 61.2 Å². The van der Waals surface area contributed by atoms with Crippen LogP contribution in [0.15, 0.2) is 40.9 Å². The number of hydrogen-bond acceptors (Lipinski definition) is 2. The zero-order chi connectivity index (χ0) is 14.7. The quantitative estimate of drug-likeness (QED) is 0.827. The number of hydrogen-bond donors (Lipinski definition) is 1. The fourth-order valence-electron chi connectivity index (χ4n) is 2.12. The molecule has 0 spiro atoms. The van der Waals surface area contributed by atoms with Gasteiger partial charge in [-0.1, -0.05) is 35.0 Å². The first-order valence-corrected chi connectivity index (χ1v) is 7.60. The van der Waals surface area contributed by atoms with Gasteiger partial charge >= 0.3 is 0 Å². The van der Waals surface area contributed by atoms with Gasteiger partial charge in [-0.15, -0.1) is 0 Å². The third-order valence-corrected chi connectivity index (χ3v) is 4.64. The van der Waals surface area contributed by atoms with Crippen LogP contribution in [0.3, 0.4) is 0 Å². The summed E-state index contributed by atoms with van der Waals surface area (Å²) in [6, 6.07) is 12.2. The summed E-state index contributed by atoms with van der Waals surface area (Å²) in [6.07, 6.45) is 0.936. The number of rotatable bonds is 4. The Morgan fingerprint density at radius 2 is 1.60 bits per heavy atom. The highest BCUT2D eigenvalue weighted by Gasteiger charge is 2.06. The summed E-state index contributed by atoms with van der Waals surface area (Å²) in [5.41, 5.74) is 9.49. The van der Waals surface area contributed by atoms with E-state index in [1.807, 2.05) is 36.4 Å². The molecule has 1 unspecified atom stereocenters. The molecule has 0 aromatic heterocycles. The van der Waals surface area contributed by atoms with Gasteiger partial charge in [-0.2, -0.15) is 0 Å². The van der Waals surface area contributed by atoms with Gasteiger partial charge in [0.25, 0.3) is 0 Å². The molecule has 0 aliphatic heterocycles. The van der Waals surface area contributed by atoms with E-state index in [1.165, 1.54) is 11.1 Å². The number of aryl methyl sites for hydroxylation is 2. The van der Waals surface area contributed by atoms with Gasteiger partial charge in [0.15, 0.2) is 0 Å². The van der Waals surface area contributed by atoms with E-state index in [4.69, 9.17) is 10.5 Å². The van der Waals surface area contributed by atoms with Crippen molar-refractivity contribution in [2.24, 2.45) is 5.73 Å². The Bertz CT molecular complexity index is 569. The van der Waals surface area contributed by atoms with Crippen LogP contribution < -0.4 is 10.5 Å². The van der Waals surface area contributed by atoms with Crippen LogP contribution in [-0.4, -0.2) is 0 Å². The van der Waals surface area contributed by atoms with E-state index < -0.39 is 0 Å². The van der Waals surface area contributed by atoms with Crippen LogP contribution in [0.4, 0.5) is 0 Å². The molecule has 2 aromatic rings. The maximum absolute atomic E-state index is 6.01. The summed E-state index contributed by atoms with van der Waals surface area (Å²) in [4.78, 5) is 0. The lowest BCUT2D eigenvalue weighted by Crippen LogP contribution is -2.08. The van der Waals surface area contributed by atoms with Crippen LogP contribution in [0.5, 0.6) is 11.5 Å². The first-order valence-electron chi connectivity index (χ1n) is 6.81. The molecule has 1 atom stereocenters. The smallest absolute Gasteiger partial charge is 0.128 e. The Morgan fingerprint density at radius 3 is 2.10 bits per heavy atom. The Kier molecular flexibility index (Phi) is 4.84. The molecule has 0 saturated heterocycles. The van der Waals surface area contributed by atoms with E-state index in [1.54, 1.807) is 0 Å². The molecular formula is C17H20BrNO. The van der Waals surface area contributed by atoms with Gasteiger partial charge < -0.3 is 10.5 Å². The lowest BCUT2D eigenvalue weighted by atomic mass is 10.1. The molecule has 3 heteroatoms. The van der Waals surface area contributed by atoms with E-state index in [2.05, 4.69) is 36.7 Å². The molecular weight excluding hydrogens is 314 g/mol. The van der Waals surface area contributed by atoms with Crippen LogP contribution in [0, 0.1) is 13.8 Å². The highest BCUT2D eigenvalue weighted by Crippen LogP contribution is 2.30. The second kappa shape index (κ2) is 6.42.